The van der Waals surface area contributed by atoms with E-state index < -0.39 is 5.97 Å². The van der Waals surface area contributed by atoms with E-state index in [2.05, 4.69) is 6.07 Å². The van der Waals surface area contributed by atoms with E-state index in [9.17, 15) is 9.59 Å². The Labute approximate surface area is 153 Å². The van der Waals surface area contributed by atoms with E-state index in [-0.39, 0.29) is 19.0 Å². The molecule has 2 aromatic carbocycles. The first-order chi connectivity index (χ1) is 12.7. The Morgan fingerprint density at radius 1 is 0.769 bits per heavy atom. The molecular formula is C22H22O4. The average molecular weight is 350 g/mol. The summed E-state index contributed by atoms with van der Waals surface area (Å²) in [6.07, 6.45) is 6.59. The number of hydrogen-bond acceptors (Lipinski definition) is 4. The molecule has 0 saturated heterocycles. The molecule has 0 radical (unpaired) electrons. The van der Waals surface area contributed by atoms with Crippen LogP contribution in [-0.2, 0) is 35.2 Å². The lowest BCUT2D eigenvalue weighted by atomic mass is 10.0. The number of rotatable bonds is 6. The quantitative estimate of drug-likeness (QED) is 0.591. The zero-order valence-electron chi connectivity index (χ0n) is 14.8. The van der Waals surface area contributed by atoms with Gasteiger partial charge in [-0.3, -0.25) is 4.79 Å². The highest BCUT2D eigenvalue weighted by Crippen LogP contribution is 2.26. The molecule has 0 fully saturated rings. The van der Waals surface area contributed by atoms with E-state index in [1.165, 1.54) is 28.7 Å². The van der Waals surface area contributed by atoms with Gasteiger partial charge < -0.3 is 9.47 Å². The van der Waals surface area contributed by atoms with Gasteiger partial charge in [-0.2, -0.15) is 0 Å². The second kappa shape index (κ2) is 7.32. The molecule has 0 heterocycles. The van der Waals surface area contributed by atoms with Crippen molar-refractivity contribution < 1.29 is 19.1 Å². The lowest BCUT2D eigenvalue weighted by Gasteiger charge is -2.09. The number of hydrogen-bond donors (Lipinski definition) is 0. The number of ketones is 1. The molecule has 4 rings (SSSR count). The standard InChI is InChI=1S/C22H22O4/c23-21(19-8-7-15-3-1-5-17(15)11-19)13-26-22(24)14-25-20-10-9-16-4-2-6-18(16)12-20/h7-12H,1-6,13-14H2. The fourth-order valence-corrected chi connectivity index (χ4v) is 3.80. The average Bonchev–Trinajstić information content (AvgIpc) is 3.32. The van der Waals surface area contributed by atoms with Crippen molar-refractivity contribution in [3.8, 4) is 5.75 Å². The van der Waals surface area contributed by atoms with Crippen LogP contribution in [0.1, 0.15) is 45.5 Å². The molecule has 0 aliphatic heterocycles. The molecule has 0 spiro atoms. The van der Waals surface area contributed by atoms with Crippen molar-refractivity contribution in [2.45, 2.75) is 38.5 Å². The Balaban J connectivity index is 1.26. The molecule has 0 amide bonds. The van der Waals surface area contributed by atoms with Gasteiger partial charge in [0.1, 0.15) is 5.75 Å². The summed E-state index contributed by atoms with van der Waals surface area (Å²) in [6, 6.07) is 11.7. The third-order valence-corrected chi connectivity index (χ3v) is 5.21. The highest BCUT2D eigenvalue weighted by Gasteiger charge is 2.16. The van der Waals surface area contributed by atoms with Crippen molar-refractivity contribution in [2.24, 2.45) is 0 Å². The van der Waals surface area contributed by atoms with E-state index in [0.29, 0.717) is 11.3 Å². The van der Waals surface area contributed by atoms with Crippen molar-refractivity contribution in [3.63, 3.8) is 0 Å². The number of carbonyl (C=O) groups is 2. The second-order valence-electron chi connectivity index (χ2n) is 6.99. The number of benzene rings is 2. The fourth-order valence-electron chi connectivity index (χ4n) is 3.80. The maximum atomic E-state index is 12.2. The molecule has 2 aliphatic rings. The van der Waals surface area contributed by atoms with Crippen molar-refractivity contribution >= 4 is 11.8 Å². The molecule has 0 N–H and O–H groups in total. The van der Waals surface area contributed by atoms with Crippen LogP contribution in [0.25, 0.3) is 0 Å². The van der Waals surface area contributed by atoms with E-state index in [4.69, 9.17) is 9.47 Å². The number of aryl methyl sites for hydroxylation is 4. The predicted molar refractivity (Wildman–Crippen MR) is 97.7 cm³/mol. The van der Waals surface area contributed by atoms with Gasteiger partial charge in [0.05, 0.1) is 0 Å². The minimum absolute atomic E-state index is 0.175. The number of fused-ring (bicyclic) bond motifs is 2. The Morgan fingerprint density at radius 3 is 2.19 bits per heavy atom. The van der Waals surface area contributed by atoms with Crippen molar-refractivity contribution in [1.29, 1.82) is 0 Å². The molecule has 26 heavy (non-hydrogen) atoms. The summed E-state index contributed by atoms with van der Waals surface area (Å²) in [4.78, 5) is 24.1. The van der Waals surface area contributed by atoms with Crippen molar-refractivity contribution in [2.75, 3.05) is 13.2 Å². The summed E-state index contributed by atoms with van der Waals surface area (Å²) >= 11 is 0. The third-order valence-electron chi connectivity index (χ3n) is 5.21. The van der Waals surface area contributed by atoms with Gasteiger partial charge in [0.25, 0.3) is 0 Å². The van der Waals surface area contributed by atoms with Gasteiger partial charge in [-0.25, -0.2) is 4.79 Å². The first-order valence-corrected chi connectivity index (χ1v) is 9.24. The minimum atomic E-state index is -0.528. The predicted octanol–water partition coefficient (Wildman–Crippen LogP) is 3.47. The van der Waals surface area contributed by atoms with Gasteiger partial charge in [-0.05, 0) is 79.0 Å². The summed E-state index contributed by atoms with van der Waals surface area (Å²) in [5.74, 6) is -0.0295. The molecule has 0 atom stereocenters. The first kappa shape index (κ1) is 16.8. The van der Waals surface area contributed by atoms with Gasteiger partial charge in [0.15, 0.2) is 19.0 Å². The first-order valence-electron chi connectivity index (χ1n) is 9.24. The van der Waals surface area contributed by atoms with Crippen LogP contribution in [0.15, 0.2) is 36.4 Å². The van der Waals surface area contributed by atoms with Crippen LogP contribution in [0.2, 0.25) is 0 Å². The monoisotopic (exact) mass is 350 g/mol. The number of esters is 1. The Bertz CT molecular complexity index is 853. The smallest absolute Gasteiger partial charge is 0.344 e. The van der Waals surface area contributed by atoms with Gasteiger partial charge >= 0.3 is 5.97 Å². The SMILES string of the molecule is O=C(COc1ccc2c(c1)CCC2)OCC(=O)c1ccc2c(c1)CCC2. The van der Waals surface area contributed by atoms with Gasteiger partial charge in [0.2, 0.25) is 0 Å². The minimum Gasteiger partial charge on any atom is -0.482 e. The van der Waals surface area contributed by atoms with Crippen molar-refractivity contribution in [1.82, 2.24) is 0 Å². The summed E-state index contributed by atoms with van der Waals surface area (Å²) in [5.41, 5.74) is 5.82. The summed E-state index contributed by atoms with van der Waals surface area (Å²) in [5, 5.41) is 0. The molecule has 4 nitrogen and oxygen atoms in total. The number of ether oxygens (including phenoxy) is 2. The second-order valence-corrected chi connectivity index (χ2v) is 6.99. The summed E-state index contributed by atoms with van der Waals surface area (Å²) < 4.78 is 10.6. The van der Waals surface area contributed by atoms with E-state index in [0.717, 1.165) is 32.1 Å². The van der Waals surface area contributed by atoms with E-state index >= 15 is 0 Å². The Kier molecular flexibility index (Phi) is 4.74. The molecular weight excluding hydrogens is 328 g/mol. The molecule has 2 aromatic rings. The zero-order chi connectivity index (χ0) is 17.9. The largest absolute Gasteiger partial charge is 0.482 e. The number of carbonyl (C=O) groups excluding carboxylic acids is 2. The van der Waals surface area contributed by atoms with Crippen molar-refractivity contribution in [3.05, 3.63) is 64.2 Å². The topological polar surface area (TPSA) is 52.6 Å². The fraction of sp³-hybridized carbons (Fsp3) is 0.364. The lowest BCUT2D eigenvalue weighted by molar-refractivity contribution is -0.144. The van der Waals surface area contributed by atoms with Crippen LogP contribution < -0.4 is 4.74 Å². The molecule has 0 saturated carbocycles. The van der Waals surface area contributed by atoms with Gasteiger partial charge in [0, 0.05) is 5.56 Å². The summed E-state index contributed by atoms with van der Waals surface area (Å²) in [6.45, 7) is -0.429. The molecule has 4 heteroatoms. The molecule has 2 aliphatic carbocycles. The van der Waals surface area contributed by atoms with Crippen LogP contribution >= 0.6 is 0 Å². The van der Waals surface area contributed by atoms with Gasteiger partial charge in [-0.15, -0.1) is 0 Å². The maximum Gasteiger partial charge on any atom is 0.344 e. The normalized spacial score (nSPS) is 14.6. The van der Waals surface area contributed by atoms with E-state index in [1.807, 2.05) is 30.3 Å². The van der Waals surface area contributed by atoms with Gasteiger partial charge in [-0.1, -0.05) is 18.2 Å². The van der Waals surface area contributed by atoms with E-state index in [1.54, 1.807) is 0 Å². The molecule has 0 unspecified atom stereocenters. The summed E-state index contributed by atoms with van der Waals surface area (Å²) in [7, 11) is 0. The van der Waals surface area contributed by atoms with Crippen LogP contribution in [0, 0.1) is 0 Å². The lowest BCUT2D eigenvalue weighted by Crippen LogP contribution is -2.19. The third kappa shape index (κ3) is 3.64. The number of Topliss-reactive ketones (excluding diaryl/α,β-unsaturated/α-hetero) is 1. The van der Waals surface area contributed by atoms with Crippen LogP contribution in [0.4, 0.5) is 0 Å². The van der Waals surface area contributed by atoms with Crippen LogP contribution in [-0.4, -0.2) is 25.0 Å². The maximum absolute atomic E-state index is 12.2. The highest BCUT2D eigenvalue weighted by atomic mass is 16.6. The van der Waals surface area contributed by atoms with Crippen LogP contribution in [0.3, 0.4) is 0 Å². The Morgan fingerprint density at radius 2 is 1.42 bits per heavy atom. The highest BCUT2D eigenvalue weighted by molar-refractivity contribution is 5.98. The molecule has 134 valence electrons. The molecule has 0 bridgehead atoms. The zero-order valence-corrected chi connectivity index (χ0v) is 14.8. The Hall–Kier alpha value is -2.62. The van der Waals surface area contributed by atoms with Crippen LogP contribution in [0.5, 0.6) is 5.75 Å². The molecule has 0 aromatic heterocycles.